The minimum atomic E-state index is -0.458. The van der Waals surface area contributed by atoms with Gasteiger partial charge in [-0.15, -0.1) is 0 Å². The van der Waals surface area contributed by atoms with Crippen LogP contribution in [-0.4, -0.2) is 14.1 Å². The van der Waals surface area contributed by atoms with E-state index >= 15 is 0 Å². The quantitative estimate of drug-likeness (QED) is 0.561. The fourth-order valence-corrected chi connectivity index (χ4v) is 4.81. The van der Waals surface area contributed by atoms with Crippen LogP contribution in [0.1, 0.15) is 20.8 Å². The Bertz CT molecular complexity index is 175. The van der Waals surface area contributed by atoms with E-state index in [9.17, 15) is 0 Å². The Labute approximate surface area is 74.4 Å². The Kier molecular flexibility index (Phi) is 3.43. The predicted octanol–water partition coefficient (Wildman–Crippen LogP) is 3.41. The zero-order valence-corrected chi connectivity index (χ0v) is 8.96. The van der Waals surface area contributed by atoms with Gasteiger partial charge in [-0.05, 0) is 11.7 Å². The number of hydrogen-bond donors (Lipinski definition) is 0. The molecule has 60 valence electrons. The van der Waals surface area contributed by atoms with Gasteiger partial charge in [0.2, 0.25) is 0 Å². The van der Waals surface area contributed by atoms with Crippen LogP contribution in [0.25, 0.3) is 0 Å². The molecule has 0 nitrogen and oxygen atoms in total. The lowest BCUT2D eigenvalue weighted by atomic mass is 10.3. The molecule has 0 amide bonds. The second-order valence-electron chi connectivity index (χ2n) is 3.40. The molecule has 0 aromatic carbocycles. The minimum Gasteiger partial charge on any atom is -0.0961 e. The lowest BCUT2D eigenvalue weighted by molar-refractivity contribution is 1.13. The molecule has 0 bridgehead atoms. The second-order valence-corrected chi connectivity index (χ2v) is 7.27. The molecule has 0 heterocycles. The van der Waals surface area contributed by atoms with E-state index in [2.05, 4.69) is 39.0 Å². The van der Waals surface area contributed by atoms with E-state index in [1.54, 1.807) is 5.57 Å². The van der Waals surface area contributed by atoms with Crippen LogP contribution in [0.5, 0.6) is 0 Å². The van der Waals surface area contributed by atoms with E-state index in [0.717, 1.165) is 4.78 Å². The van der Waals surface area contributed by atoms with Crippen molar-refractivity contribution in [1.82, 2.24) is 0 Å². The third-order valence-electron chi connectivity index (χ3n) is 2.76. The summed E-state index contributed by atoms with van der Waals surface area (Å²) in [5.74, 6) is 0. The third kappa shape index (κ3) is 1.98. The summed E-state index contributed by atoms with van der Waals surface area (Å²) in [7, 11) is 0. The summed E-state index contributed by atoms with van der Waals surface area (Å²) in [5, 5.41) is 2.88. The molecule has 1 aliphatic rings. The third-order valence-corrected chi connectivity index (χ3v) is 6.62. The summed E-state index contributed by atoms with van der Waals surface area (Å²) in [6.07, 6.45) is 6.90. The van der Waals surface area contributed by atoms with Gasteiger partial charge in [0.1, 0.15) is 0 Å². The van der Waals surface area contributed by atoms with Crippen molar-refractivity contribution in [3.8, 4) is 0 Å². The number of hydrogen-bond acceptors (Lipinski definition) is 0. The molecule has 0 saturated heterocycles. The fourth-order valence-electron chi connectivity index (χ4n) is 1.92. The van der Waals surface area contributed by atoms with E-state index in [0.29, 0.717) is 0 Å². The van der Waals surface area contributed by atoms with Gasteiger partial charge in [0, 0.05) is 0 Å². The van der Waals surface area contributed by atoms with Gasteiger partial charge in [0.25, 0.3) is 14.1 Å². The van der Waals surface area contributed by atoms with Gasteiger partial charge in [-0.3, -0.25) is 0 Å². The first-order chi connectivity index (χ1) is 5.29. The van der Waals surface area contributed by atoms with Crippen LogP contribution in [0.2, 0.25) is 15.3 Å². The Morgan fingerprint density at radius 3 is 2.36 bits per heavy atom. The summed E-state index contributed by atoms with van der Waals surface area (Å²) in [4.78, 5) is 0. The molecule has 1 rings (SSSR count). The highest BCUT2D eigenvalue weighted by Crippen LogP contribution is 2.30. The van der Waals surface area contributed by atoms with Crippen molar-refractivity contribution in [3.63, 3.8) is 0 Å². The SMILES string of the molecule is C[CH2][Al]([CH2]C)[CH]1C=CC=C1C. The normalized spacial score (nSPS) is 22.1. The molecule has 0 fully saturated rings. The molecular weight excluding hydrogens is 147 g/mol. The molecule has 0 saturated carbocycles. The number of allylic oxidation sites excluding steroid dienone is 4. The Morgan fingerprint density at radius 1 is 1.36 bits per heavy atom. The van der Waals surface area contributed by atoms with Crippen LogP contribution in [-0.2, 0) is 0 Å². The zero-order valence-electron chi connectivity index (χ0n) is 7.80. The molecule has 1 atom stereocenters. The van der Waals surface area contributed by atoms with Gasteiger partial charge in [0.15, 0.2) is 0 Å². The topological polar surface area (TPSA) is 0 Å². The van der Waals surface area contributed by atoms with Gasteiger partial charge < -0.3 is 0 Å². The van der Waals surface area contributed by atoms with E-state index in [4.69, 9.17) is 0 Å². The highest BCUT2D eigenvalue weighted by atomic mass is 27.2. The summed E-state index contributed by atoms with van der Waals surface area (Å²) < 4.78 is 0.880. The van der Waals surface area contributed by atoms with Gasteiger partial charge in [0.05, 0.1) is 0 Å². The van der Waals surface area contributed by atoms with Gasteiger partial charge in [-0.1, -0.05) is 48.2 Å². The van der Waals surface area contributed by atoms with Crippen LogP contribution >= 0.6 is 0 Å². The van der Waals surface area contributed by atoms with Crippen LogP contribution in [0.15, 0.2) is 23.8 Å². The highest BCUT2D eigenvalue weighted by molar-refractivity contribution is 6.61. The monoisotopic (exact) mass is 164 g/mol. The standard InChI is InChI=1S/C6H7.2C2H5.Al/c1-6-4-2-3-5-6;2*1-2;/h2-5H,1H3;2*1H2,2H3;. The fraction of sp³-hybridized carbons (Fsp3) is 0.600. The first-order valence-electron chi connectivity index (χ1n) is 4.64. The smallest absolute Gasteiger partial charge is 0.0961 e. The van der Waals surface area contributed by atoms with Gasteiger partial charge in [-0.25, -0.2) is 0 Å². The Balaban J connectivity index is 2.59. The Hall–Kier alpha value is 0.0125. The lowest BCUT2D eigenvalue weighted by Crippen LogP contribution is -2.16. The maximum atomic E-state index is 2.40. The highest BCUT2D eigenvalue weighted by Gasteiger charge is 2.24. The maximum absolute atomic E-state index is 2.40. The van der Waals surface area contributed by atoms with Gasteiger partial charge in [-0.2, -0.15) is 0 Å². The lowest BCUT2D eigenvalue weighted by Gasteiger charge is -2.15. The molecule has 0 spiro atoms. The van der Waals surface area contributed by atoms with E-state index < -0.39 is 14.1 Å². The first-order valence-corrected chi connectivity index (χ1v) is 6.94. The van der Waals surface area contributed by atoms with Crippen molar-refractivity contribution in [2.45, 2.75) is 36.1 Å². The number of rotatable bonds is 3. The van der Waals surface area contributed by atoms with E-state index in [1.807, 2.05) is 0 Å². The molecule has 1 aliphatic carbocycles. The van der Waals surface area contributed by atoms with Crippen molar-refractivity contribution < 1.29 is 0 Å². The predicted molar refractivity (Wildman–Crippen MR) is 53.4 cm³/mol. The molecule has 0 aromatic rings. The molecule has 1 heteroatoms. The van der Waals surface area contributed by atoms with Crippen molar-refractivity contribution in [2.24, 2.45) is 0 Å². The van der Waals surface area contributed by atoms with Crippen LogP contribution in [0.4, 0.5) is 0 Å². The molecule has 0 N–H and O–H groups in total. The molecule has 0 aliphatic heterocycles. The average Bonchev–Trinajstić information content (AvgIpc) is 2.40. The molecule has 11 heavy (non-hydrogen) atoms. The van der Waals surface area contributed by atoms with Crippen molar-refractivity contribution in [2.75, 3.05) is 0 Å². The van der Waals surface area contributed by atoms with Crippen molar-refractivity contribution in [1.29, 1.82) is 0 Å². The maximum Gasteiger partial charge on any atom is 0.275 e. The zero-order chi connectivity index (χ0) is 8.27. The summed E-state index contributed by atoms with van der Waals surface area (Å²) in [6, 6.07) is 0. The second kappa shape index (κ2) is 4.14. The van der Waals surface area contributed by atoms with E-state index in [1.165, 1.54) is 10.6 Å². The Morgan fingerprint density at radius 2 is 2.00 bits per heavy atom. The van der Waals surface area contributed by atoms with Crippen LogP contribution in [0, 0.1) is 0 Å². The molecule has 1 unspecified atom stereocenters. The van der Waals surface area contributed by atoms with Crippen molar-refractivity contribution >= 4 is 14.1 Å². The van der Waals surface area contributed by atoms with Crippen LogP contribution < -0.4 is 0 Å². The first kappa shape index (κ1) is 9.10. The summed E-state index contributed by atoms with van der Waals surface area (Å²) >= 11 is -0.458. The summed E-state index contributed by atoms with van der Waals surface area (Å²) in [5.41, 5.74) is 1.60. The van der Waals surface area contributed by atoms with Crippen LogP contribution in [0.3, 0.4) is 0 Å². The average molecular weight is 164 g/mol. The van der Waals surface area contributed by atoms with Crippen molar-refractivity contribution in [3.05, 3.63) is 23.8 Å². The van der Waals surface area contributed by atoms with Gasteiger partial charge >= 0.3 is 0 Å². The van der Waals surface area contributed by atoms with E-state index in [-0.39, 0.29) is 0 Å². The largest absolute Gasteiger partial charge is 0.275 e. The molecular formula is C10H17Al. The minimum absolute atomic E-state index is 0.458. The summed E-state index contributed by atoms with van der Waals surface area (Å²) in [6.45, 7) is 6.97. The molecule has 0 radical (unpaired) electrons. The molecule has 0 aromatic heterocycles.